The SMILES string of the molecule is Cc1cc([N+]#N)nn1C. The van der Waals surface area contributed by atoms with E-state index in [0.29, 0.717) is 5.82 Å². The number of diazo groups is 1. The van der Waals surface area contributed by atoms with E-state index in [9.17, 15) is 0 Å². The van der Waals surface area contributed by atoms with Crippen LogP contribution in [-0.2, 0) is 7.05 Å². The fourth-order valence-corrected chi connectivity index (χ4v) is 0.591. The number of rotatable bonds is 0. The van der Waals surface area contributed by atoms with Crippen molar-refractivity contribution in [2.75, 3.05) is 0 Å². The number of hydrogen-bond acceptors (Lipinski definition) is 2. The van der Waals surface area contributed by atoms with Crippen molar-refractivity contribution in [1.82, 2.24) is 9.78 Å². The maximum atomic E-state index is 8.22. The molecule has 0 radical (unpaired) electrons. The molecule has 0 bridgehead atoms. The highest BCUT2D eigenvalue weighted by Gasteiger charge is 2.10. The van der Waals surface area contributed by atoms with E-state index in [-0.39, 0.29) is 0 Å². The largest absolute Gasteiger partial charge is 0.488 e. The molecule has 4 nitrogen and oxygen atoms in total. The molecule has 0 aliphatic carbocycles. The summed E-state index contributed by atoms with van der Waals surface area (Å²) in [4.78, 5) is 2.92. The molecule has 0 fully saturated rings. The Labute approximate surface area is 52.7 Å². The third kappa shape index (κ3) is 0.891. The van der Waals surface area contributed by atoms with Crippen LogP contribution in [0.5, 0.6) is 0 Å². The van der Waals surface area contributed by atoms with Gasteiger partial charge in [0.2, 0.25) is 0 Å². The van der Waals surface area contributed by atoms with Crippen molar-refractivity contribution in [3.8, 4) is 0 Å². The molecule has 0 saturated carbocycles. The summed E-state index contributed by atoms with van der Waals surface area (Å²) in [5, 5.41) is 12.1. The summed E-state index contributed by atoms with van der Waals surface area (Å²) in [6, 6.07) is 1.69. The molecule has 0 saturated heterocycles. The monoisotopic (exact) mass is 123 g/mol. The van der Waals surface area contributed by atoms with E-state index >= 15 is 0 Å². The molecule has 0 aliphatic heterocycles. The molecule has 0 N–H and O–H groups in total. The number of aromatic nitrogens is 2. The third-order valence-electron chi connectivity index (χ3n) is 1.20. The number of nitrogens with zero attached hydrogens (tertiary/aromatic N) is 4. The predicted molar refractivity (Wildman–Crippen MR) is 32.7 cm³/mol. The summed E-state index contributed by atoms with van der Waals surface area (Å²) in [5.74, 6) is 0.356. The Hall–Kier alpha value is -1.37. The minimum Gasteiger partial charge on any atom is -0.179 e. The molecule has 1 aromatic rings. The smallest absolute Gasteiger partial charge is 0.179 e. The molecular weight excluding hydrogens is 116 g/mol. The minimum atomic E-state index is 0.356. The van der Waals surface area contributed by atoms with Gasteiger partial charge < -0.3 is 0 Å². The van der Waals surface area contributed by atoms with E-state index in [1.165, 1.54) is 0 Å². The second kappa shape index (κ2) is 1.86. The van der Waals surface area contributed by atoms with Gasteiger partial charge >= 0.3 is 5.82 Å². The van der Waals surface area contributed by atoms with Crippen molar-refractivity contribution in [3.63, 3.8) is 0 Å². The maximum Gasteiger partial charge on any atom is 0.488 e. The van der Waals surface area contributed by atoms with Crippen LogP contribution in [0.4, 0.5) is 5.82 Å². The van der Waals surface area contributed by atoms with Crippen LogP contribution < -0.4 is 0 Å². The highest BCUT2D eigenvalue weighted by atomic mass is 15.3. The first kappa shape index (κ1) is 5.76. The Balaban J connectivity index is 3.16. The second-order valence-corrected chi connectivity index (χ2v) is 1.87. The zero-order chi connectivity index (χ0) is 6.85. The topological polar surface area (TPSA) is 46.0 Å². The zero-order valence-corrected chi connectivity index (χ0v) is 5.37. The minimum absolute atomic E-state index is 0.356. The lowest BCUT2D eigenvalue weighted by Gasteiger charge is -1.79. The second-order valence-electron chi connectivity index (χ2n) is 1.87. The Morgan fingerprint density at radius 3 is 2.67 bits per heavy atom. The van der Waals surface area contributed by atoms with Gasteiger partial charge in [-0.15, -0.1) is 0 Å². The van der Waals surface area contributed by atoms with Crippen LogP contribution in [0, 0.1) is 12.3 Å². The van der Waals surface area contributed by atoms with E-state index in [1.54, 1.807) is 17.8 Å². The highest BCUT2D eigenvalue weighted by molar-refractivity contribution is 5.34. The van der Waals surface area contributed by atoms with E-state index < -0.39 is 0 Å². The van der Waals surface area contributed by atoms with Crippen molar-refractivity contribution < 1.29 is 0 Å². The van der Waals surface area contributed by atoms with Gasteiger partial charge in [-0.25, -0.2) is 0 Å². The quantitative estimate of drug-likeness (QED) is 0.487. The van der Waals surface area contributed by atoms with Crippen LogP contribution >= 0.6 is 0 Å². The Morgan fingerprint density at radius 2 is 2.44 bits per heavy atom. The van der Waals surface area contributed by atoms with Crippen molar-refractivity contribution in [2.24, 2.45) is 7.05 Å². The molecule has 1 aromatic heterocycles. The zero-order valence-electron chi connectivity index (χ0n) is 5.37. The molecule has 46 valence electrons. The molecule has 4 heteroatoms. The van der Waals surface area contributed by atoms with Crippen molar-refractivity contribution in [2.45, 2.75) is 6.92 Å². The molecule has 0 atom stereocenters. The summed E-state index contributed by atoms with van der Waals surface area (Å²) in [5.41, 5.74) is 0.975. The highest BCUT2D eigenvalue weighted by Crippen LogP contribution is 2.08. The molecular formula is C5H7N4+. The van der Waals surface area contributed by atoms with Crippen LogP contribution in [0.3, 0.4) is 0 Å². The Morgan fingerprint density at radius 1 is 1.78 bits per heavy atom. The molecule has 9 heavy (non-hydrogen) atoms. The van der Waals surface area contributed by atoms with Crippen LogP contribution in [0.15, 0.2) is 6.07 Å². The van der Waals surface area contributed by atoms with Crippen LogP contribution in [0.1, 0.15) is 5.69 Å². The molecule has 0 unspecified atom stereocenters. The lowest BCUT2D eigenvalue weighted by Crippen LogP contribution is -1.90. The van der Waals surface area contributed by atoms with Gasteiger partial charge in [0.15, 0.2) is 0 Å². The average molecular weight is 123 g/mol. The lowest BCUT2D eigenvalue weighted by molar-refractivity contribution is 0.744. The van der Waals surface area contributed by atoms with Gasteiger partial charge in [0.25, 0.3) is 0 Å². The van der Waals surface area contributed by atoms with E-state index in [4.69, 9.17) is 5.39 Å². The van der Waals surface area contributed by atoms with Crippen molar-refractivity contribution in [1.29, 1.82) is 5.39 Å². The van der Waals surface area contributed by atoms with Gasteiger partial charge in [0.1, 0.15) is 0 Å². The van der Waals surface area contributed by atoms with Gasteiger partial charge in [0.05, 0.1) is 29.3 Å². The standard InChI is InChI=1S/C5H7N4/c1-4-3-5(7-6)8-9(4)2/h3H,1-2H3/q+1. The van der Waals surface area contributed by atoms with Crippen LogP contribution in [-0.4, -0.2) is 9.78 Å². The summed E-state index contributed by atoms with van der Waals surface area (Å²) < 4.78 is 1.65. The first-order valence-electron chi connectivity index (χ1n) is 2.60. The third-order valence-corrected chi connectivity index (χ3v) is 1.20. The van der Waals surface area contributed by atoms with Crippen LogP contribution in [0.2, 0.25) is 0 Å². The lowest BCUT2D eigenvalue weighted by atomic mass is 10.5. The normalized spacial score (nSPS) is 9.00. The summed E-state index contributed by atoms with van der Waals surface area (Å²) >= 11 is 0. The maximum absolute atomic E-state index is 8.22. The Bertz CT molecular complexity index is 235. The van der Waals surface area contributed by atoms with Gasteiger partial charge in [-0.05, 0) is 6.92 Å². The van der Waals surface area contributed by atoms with Gasteiger partial charge in [0, 0.05) is 4.98 Å². The molecule has 0 spiro atoms. The number of hydrogen-bond donors (Lipinski definition) is 0. The van der Waals surface area contributed by atoms with E-state index in [0.717, 1.165) is 5.69 Å². The van der Waals surface area contributed by atoms with E-state index in [2.05, 4.69) is 10.1 Å². The van der Waals surface area contributed by atoms with Crippen LogP contribution in [0.25, 0.3) is 4.98 Å². The molecule has 1 heterocycles. The fraction of sp³-hybridized carbons (Fsp3) is 0.400. The summed E-state index contributed by atoms with van der Waals surface area (Å²) in [6.45, 7) is 1.89. The van der Waals surface area contributed by atoms with Gasteiger partial charge in [-0.3, -0.25) is 0 Å². The molecule has 0 amide bonds. The predicted octanol–water partition coefficient (Wildman–Crippen LogP) is 1.21. The van der Waals surface area contributed by atoms with Crippen molar-refractivity contribution in [3.05, 3.63) is 16.7 Å². The van der Waals surface area contributed by atoms with E-state index in [1.807, 2.05) is 6.92 Å². The fourth-order valence-electron chi connectivity index (χ4n) is 0.591. The van der Waals surface area contributed by atoms with Gasteiger partial charge in [-0.1, -0.05) is 0 Å². The summed E-state index contributed by atoms with van der Waals surface area (Å²) in [6.07, 6.45) is 0. The number of aryl methyl sites for hydroxylation is 2. The van der Waals surface area contributed by atoms with Crippen molar-refractivity contribution >= 4 is 5.82 Å². The average Bonchev–Trinajstić information content (AvgIpc) is 2.13. The van der Waals surface area contributed by atoms with Gasteiger partial charge in [-0.2, -0.15) is 4.68 Å². The summed E-state index contributed by atoms with van der Waals surface area (Å²) in [7, 11) is 1.80. The first-order chi connectivity index (χ1) is 4.24. The molecule has 0 aliphatic rings. The molecule has 0 aromatic carbocycles. The first-order valence-corrected chi connectivity index (χ1v) is 2.60. The Kier molecular flexibility index (Phi) is 1.19. The molecule has 1 rings (SSSR count).